The topological polar surface area (TPSA) is 25.2 Å². The number of aliphatic imine (C=N–C) groups is 1. The Morgan fingerprint density at radius 2 is 2.33 bits per heavy atom. The highest BCUT2D eigenvalue weighted by Gasteiger charge is 2.02. The number of rotatable bonds is 2. The van der Waals surface area contributed by atoms with E-state index in [0.29, 0.717) is 0 Å². The lowest BCUT2D eigenvalue weighted by Crippen LogP contribution is -2.01. The lowest BCUT2D eigenvalue weighted by atomic mass is 10.1. The van der Waals surface area contributed by atoms with E-state index in [-0.39, 0.29) is 0 Å². The van der Waals surface area contributed by atoms with Crippen molar-refractivity contribution in [2.45, 2.75) is 20.3 Å². The molecule has 0 fully saturated rings. The third-order valence-corrected chi connectivity index (χ3v) is 1.95. The molecule has 0 saturated carbocycles. The van der Waals surface area contributed by atoms with Crippen LogP contribution in [0.15, 0.2) is 23.5 Å². The van der Waals surface area contributed by atoms with Crippen LogP contribution in [0.2, 0.25) is 0 Å². The van der Waals surface area contributed by atoms with Gasteiger partial charge in [-0.1, -0.05) is 6.92 Å². The lowest BCUT2D eigenvalue weighted by Gasteiger charge is -2.04. The van der Waals surface area contributed by atoms with Crippen molar-refractivity contribution in [1.29, 1.82) is 0 Å². The van der Waals surface area contributed by atoms with Gasteiger partial charge in [-0.15, -0.1) is 0 Å². The van der Waals surface area contributed by atoms with Crippen LogP contribution >= 0.6 is 0 Å². The molecular weight excluding hydrogens is 148 g/mol. The summed E-state index contributed by atoms with van der Waals surface area (Å²) >= 11 is 0. The smallest absolute Gasteiger partial charge is 0.0432 e. The minimum Gasteiger partial charge on any atom is -0.292 e. The molecule has 0 aliphatic carbocycles. The quantitative estimate of drug-likeness (QED) is 0.612. The molecule has 1 aromatic heterocycles. The highest BCUT2D eigenvalue weighted by Crippen LogP contribution is 2.08. The summed E-state index contributed by atoms with van der Waals surface area (Å²) in [4.78, 5) is 8.30. The van der Waals surface area contributed by atoms with Gasteiger partial charge in [0.1, 0.15) is 0 Å². The van der Waals surface area contributed by atoms with E-state index in [4.69, 9.17) is 0 Å². The summed E-state index contributed by atoms with van der Waals surface area (Å²) in [6, 6.07) is 2.01. The fourth-order valence-electron chi connectivity index (χ4n) is 1.24. The summed E-state index contributed by atoms with van der Waals surface area (Å²) in [5, 5.41) is 0. The van der Waals surface area contributed by atoms with Crippen molar-refractivity contribution < 1.29 is 0 Å². The maximum absolute atomic E-state index is 4.21. The van der Waals surface area contributed by atoms with Crippen molar-refractivity contribution in [3.8, 4) is 0 Å². The molecule has 64 valence electrons. The maximum Gasteiger partial charge on any atom is 0.0432 e. The molecule has 2 heteroatoms. The van der Waals surface area contributed by atoms with E-state index in [2.05, 4.69) is 23.8 Å². The average Bonchev–Trinajstić information content (AvgIpc) is 2.10. The van der Waals surface area contributed by atoms with Crippen molar-refractivity contribution in [1.82, 2.24) is 4.98 Å². The van der Waals surface area contributed by atoms with Gasteiger partial charge in [0.2, 0.25) is 0 Å². The van der Waals surface area contributed by atoms with Crippen LogP contribution in [0.4, 0.5) is 0 Å². The predicted octanol–water partition coefficient (Wildman–Crippen LogP) is 2.22. The largest absolute Gasteiger partial charge is 0.292 e. The molecule has 0 N–H and O–H groups in total. The van der Waals surface area contributed by atoms with E-state index < -0.39 is 0 Å². The predicted molar refractivity (Wildman–Crippen MR) is 51.7 cm³/mol. The molecule has 0 unspecified atom stereocenters. The van der Waals surface area contributed by atoms with Gasteiger partial charge in [0.15, 0.2) is 0 Å². The van der Waals surface area contributed by atoms with Crippen LogP contribution in [-0.4, -0.2) is 17.7 Å². The molecular formula is C10H14N2. The van der Waals surface area contributed by atoms with Gasteiger partial charge in [0.05, 0.1) is 0 Å². The molecule has 0 spiro atoms. The molecule has 12 heavy (non-hydrogen) atoms. The van der Waals surface area contributed by atoms with Crippen LogP contribution in [-0.2, 0) is 0 Å². The second-order valence-corrected chi connectivity index (χ2v) is 2.71. The third kappa shape index (κ3) is 1.70. The highest BCUT2D eigenvalue weighted by molar-refractivity contribution is 6.01. The molecule has 0 aliphatic heterocycles. The Morgan fingerprint density at radius 3 is 2.83 bits per heavy atom. The Kier molecular flexibility index (Phi) is 2.97. The Morgan fingerprint density at radius 1 is 1.58 bits per heavy atom. The first-order valence-electron chi connectivity index (χ1n) is 4.16. The summed E-state index contributed by atoms with van der Waals surface area (Å²) in [5.41, 5.74) is 3.54. The monoisotopic (exact) mass is 162 g/mol. The van der Waals surface area contributed by atoms with Gasteiger partial charge in [0, 0.05) is 30.7 Å². The summed E-state index contributed by atoms with van der Waals surface area (Å²) in [5.74, 6) is 0. The number of hydrogen-bond acceptors (Lipinski definition) is 2. The first-order chi connectivity index (χ1) is 5.79. The van der Waals surface area contributed by atoms with Gasteiger partial charge in [0.25, 0.3) is 0 Å². The molecule has 0 saturated heterocycles. The first kappa shape index (κ1) is 8.91. The number of pyridine rings is 1. The van der Waals surface area contributed by atoms with Crippen LogP contribution in [0, 0.1) is 6.92 Å². The fourth-order valence-corrected chi connectivity index (χ4v) is 1.24. The maximum atomic E-state index is 4.21. The lowest BCUT2D eigenvalue weighted by molar-refractivity contribution is 1.20. The molecule has 1 aromatic rings. The zero-order valence-electron chi connectivity index (χ0n) is 7.83. The van der Waals surface area contributed by atoms with Gasteiger partial charge >= 0.3 is 0 Å². The van der Waals surface area contributed by atoms with E-state index in [1.54, 1.807) is 0 Å². The SMILES string of the molecule is CCC(=NC)c1cnccc1C. The van der Waals surface area contributed by atoms with Crippen LogP contribution in [0.3, 0.4) is 0 Å². The van der Waals surface area contributed by atoms with Gasteiger partial charge in [-0.25, -0.2) is 0 Å². The summed E-state index contributed by atoms with van der Waals surface area (Å²) in [6.45, 7) is 4.19. The van der Waals surface area contributed by atoms with E-state index in [0.717, 1.165) is 12.1 Å². The van der Waals surface area contributed by atoms with Crippen molar-refractivity contribution in [2.75, 3.05) is 7.05 Å². The van der Waals surface area contributed by atoms with Crippen LogP contribution in [0.25, 0.3) is 0 Å². The van der Waals surface area contributed by atoms with Gasteiger partial charge in [-0.05, 0) is 25.0 Å². The minimum absolute atomic E-state index is 0.961. The van der Waals surface area contributed by atoms with E-state index in [1.807, 2.05) is 25.5 Å². The number of aromatic nitrogens is 1. The number of hydrogen-bond donors (Lipinski definition) is 0. The Balaban J connectivity index is 3.10. The van der Waals surface area contributed by atoms with Crippen molar-refractivity contribution in [3.05, 3.63) is 29.6 Å². The van der Waals surface area contributed by atoms with E-state index >= 15 is 0 Å². The molecule has 0 amide bonds. The first-order valence-corrected chi connectivity index (χ1v) is 4.16. The van der Waals surface area contributed by atoms with E-state index in [9.17, 15) is 0 Å². The van der Waals surface area contributed by atoms with Gasteiger partial charge in [-0.3, -0.25) is 9.98 Å². The van der Waals surface area contributed by atoms with Gasteiger partial charge in [-0.2, -0.15) is 0 Å². The molecule has 1 rings (SSSR count). The summed E-state index contributed by atoms with van der Waals surface area (Å²) < 4.78 is 0. The third-order valence-electron chi connectivity index (χ3n) is 1.95. The molecule has 0 aromatic carbocycles. The number of nitrogens with zero attached hydrogens (tertiary/aromatic N) is 2. The van der Waals surface area contributed by atoms with Crippen LogP contribution < -0.4 is 0 Å². The highest BCUT2D eigenvalue weighted by atomic mass is 14.7. The fraction of sp³-hybridized carbons (Fsp3) is 0.400. The molecule has 0 aliphatic rings. The van der Waals surface area contributed by atoms with Crippen LogP contribution in [0.5, 0.6) is 0 Å². The second kappa shape index (κ2) is 4.00. The van der Waals surface area contributed by atoms with Crippen molar-refractivity contribution in [3.63, 3.8) is 0 Å². The molecule has 1 heterocycles. The van der Waals surface area contributed by atoms with Crippen LogP contribution in [0.1, 0.15) is 24.5 Å². The molecule has 0 bridgehead atoms. The van der Waals surface area contributed by atoms with Crippen molar-refractivity contribution >= 4 is 5.71 Å². The average molecular weight is 162 g/mol. The molecule has 0 radical (unpaired) electrons. The Hall–Kier alpha value is -1.18. The minimum atomic E-state index is 0.961. The standard InChI is InChI=1S/C10H14N2/c1-4-10(11-3)9-7-12-6-5-8(9)2/h5-7H,4H2,1-3H3. The summed E-state index contributed by atoms with van der Waals surface area (Å²) in [7, 11) is 1.82. The Labute approximate surface area is 73.4 Å². The number of aryl methyl sites for hydroxylation is 1. The second-order valence-electron chi connectivity index (χ2n) is 2.71. The molecule has 2 nitrogen and oxygen atoms in total. The van der Waals surface area contributed by atoms with Crippen molar-refractivity contribution in [2.24, 2.45) is 4.99 Å². The normalized spacial score (nSPS) is 11.8. The zero-order chi connectivity index (χ0) is 8.97. The molecule has 0 atom stereocenters. The van der Waals surface area contributed by atoms with E-state index in [1.165, 1.54) is 11.1 Å². The zero-order valence-corrected chi connectivity index (χ0v) is 7.83. The van der Waals surface area contributed by atoms with Gasteiger partial charge < -0.3 is 0 Å². The summed E-state index contributed by atoms with van der Waals surface area (Å²) in [6.07, 6.45) is 4.64. The Bertz CT molecular complexity index is 290.